The van der Waals surface area contributed by atoms with Crippen molar-refractivity contribution in [3.05, 3.63) is 35.4 Å². The molecule has 2 nitrogen and oxygen atoms in total. The molecule has 0 radical (unpaired) electrons. The van der Waals surface area contributed by atoms with Crippen LogP contribution < -0.4 is 5.32 Å². The van der Waals surface area contributed by atoms with Gasteiger partial charge in [-0.15, -0.1) is 0 Å². The summed E-state index contributed by atoms with van der Waals surface area (Å²) in [6, 6.07) is 7.91. The smallest absolute Gasteiger partial charge is 0.251 e. The van der Waals surface area contributed by atoms with Crippen molar-refractivity contribution in [3.8, 4) is 0 Å². The number of carbonyl (C=O) groups excluding carboxylic acids is 1. The molecular formula is C16H22BrNO. The van der Waals surface area contributed by atoms with Crippen LogP contribution in [0.15, 0.2) is 24.3 Å². The van der Waals surface area contributed by atoms with Crippen LogP contribution in [0, 0.1) is 11.8 Å². The lowest BCUT2D eigenvalue weighted by Gasteiger charge is -2.17. The van der Waals surface area contributed by atoms with Gasteiger partial charge in [-0.3, -0.25) is 4.79 Å². The fourth-order valence-electron chi connectivity index (χ4n) is 2.80. The largest absolute Gasteiger partial charge is 0.352 e. The number of nitrogens with one attached hydrogen (secondary N) is 1. The van der Waals surface area contributed by atoms with Gasteiger partial charge >= 0.3 is 0 Å². The van der Waals surface area contributed by atoms with E-state index < -0.39 is 0 Å². The zero-order valence-corrected chi connectivity index (χ0v) is 13.1. The summed E-state index contributed by atoms with van der Waals surface area (Å²) in [5, 5.41) is 4.14. The average Bonchev–Trinajstić information content (AvgIpc) is 2.92. The van der Waals surface area contributed by atoms with Crippen LogP contribution in [0.5, 0.6) is 0 Å². The van der Waals surface area contributed by atoms with Gasteiger partial charge in [0.1, 0.15) is 0 Å². The van der Waals surface area contributed by atoms with Crippen LogP contribution in [0.4, 0.5) is 0 Å². The number of rotatable bonds is 5. The monoisotopic (exact) mass is 323 g/mol. The molecule has 0 aromatic heterocycles. The lowest BCUT2D eigenvalue weighted by molar-refractivity contribution is 0.0945. The van der Waals surface area contributed by atoms with Crippen LogP contribution in [0.2, 0.25) is 0 Å². The highest BCUT2D eigenvalue weighted by Crippen LogP contribution is 2.32. The van der Waals surface area contributed by atoms with Crippen molar-refractivity contribution in [3.63, 3.8) is 0 Å². The Morgan fingerprint density at radius 3 is 2.58 bits per heavy atom. The quantitative estimate of drug-likeness (QED) is 0.821. The molecule has 104 valence electrons. The van der Waals surface area contributed by atoms with E-state index in [4.69, 9.17) is 0 Å². The number of hydrogen-bond donors (Lipinski definition) is 1. The molecular weight excluding hydrogens is 302 g/mol. The van der Waals surface area contributed by atoms with Crippen molar-refractivity contribution in [2.24, 2.45) is 11.8 Å². The van der Waals surface area contributed by atoms with Crippen LogP contribution in [0.1, 0.15) is 42.1 Å². The van der Waals surface area contributed by atoms with Crippen LogP contribution in [-0.2, 0) is 6.42 Å². The summed E-state index contributed by atoms with van der Waals surface area (Å²) in [5.74, 6) is 1.42. The van der Waals surface area contributed by atoms with Crippen LogP contribution >= 0.6 is 15.9 Å². The third kappa shape index (κ3) is 3.82. The van der Waals surface area contributed by atoms with E-state index in [0.29, 0.717) is 5.92 Å². The molecule has 1 saturated carbocycles. The van der Waals surface area contributed by atoms with Gasteiger partial charge in [0.2, 0.25) is 0 Å². The van der Waals surface area contributed by atoms with Gasteiger partial charge in [-0.05, 0) is 48.8 Å². The van der Waals surface area contributed by atoms with Crippen molar-refractivity contribution in [1.82, 2.24) is 5.32 Å². The number of benzene rings is 1. The standard InChI is InChI=1S/C16H22BrNO/c1-2-12-6-8-13(9-7-12)16(19)18-11-15-5-3-4-14(15)10-17/h6-9,14-15H,2-5,10-11H2,1H3,(H,18,19). The first-order chi connectivity index (χ1) is 9.24. The van der Waals surface area contributed by atoms with Crippen molar-refractivity contribution >= 4 is 21.8 Å². The SMILES string of the molecule is CCc1ccc(C(=O)NCC2CCCC2CBr)cc1. The molecule has 0 heterocycles. The first kappa shape index (κ1) is 14.6. The Morgan fingerprint density at radius 2 is 1.95 bits per heavy atom. The number of hydrogen-bond acceptors (Lipinski definition) is 1. The molecule has 1 fully saturated rings. The van der Waals surface area contributed by atoms with Crippen molar-refractivity contribution < 1.29 is 4.79 Å². The fraction of sp³-hybridized carbons (Fsp3) is 0.562. The van der Waals surface area contributed by atoms with Crippen LogP contribution in [0.3, 0.4) is 0 Å². The summed E-state index contributed by atoms with van der Waals surface area (Å²) >= 11 is 3.57. The maximum absolute atomic E-state index is 12.1. The highest BCUT2D eigenvalue weighted by atomic mass is 79.9. The zero-order chi connectivity index (χ0) is 13.7. The van der Waals surface area contributed by atoms with E-state index in [1.165, 1.54) is 24.8 Å². The maximum Gasteiger partial charge on any atom is 0.251 e. The molecule has 2 rings (SSSR count). The molecule has 3 heteroatoms. The van der Waals surface area contributed by atoms with E-state index >= 15 is 0 Å². The highest BCUT2D eigenvalue weighted by molar-refractivity contribution is 9.09. The highest BCUT2D eigenvalue weighted by Gasteiger charge is 2.26. The Hall–Kier alpha value is -0.830. The van der Waals surface area contributed by atoms with E-state index in [1.54, 1.807) is 0 Å². The minimum atomic E-state index is 0.0582. The molecule has 1 aromatic carbocycles. The Bertz CT molecular complexity index is 415. The normalized spacial score (nSPS) is 22.4. The Morgan fingerprint density at radius 1 is 1.26 bits per heavy atom. The number of amides is 1. The second-order valence-electron chi connectivity index (χ2n) is 5.37. The third-order valence-corrected chi connectivity index (χ3v) is 5.00. The molecule has 2 atom stereocenters. The van der Waals surface area contributed by atoms with Gasteiger partial charge in [0, 0.05) is 17.4 Å². The van der Waals surface area contributed by atoms with Gasteiger partial charge in [0.25, 0.3) is 5.91 Å². The van der Waals surface area contributed by atoms with E-state index in [-0.39, 0.29) is 5.91 Å². The van der Waals surface area contributed by atoms with Gasteiger partial charge in [-0.1, -0.05) is 41.4 Å². The van der Waals surface area contributed by atoms with Crippen molar-refractivity contribution in [2.45, 2.75) is 32.6 Å². The maximum atomic E-state index is 12.1. The molecule has 0 spiro atoms. The number of carbonyl (C=O) groups is 1. The lowest BCUT2D eigenvalue weighted by atomic mass is 9.98. The first-order valence-corrected chi connectivity index (χ1v) is 8.29. The summed E-state index contributed by atoms with van der Waals surface area (Å²) in [4.78, 5) is 12.1. The molecule has 1 N–H and O–H groups in total. The molecule has 0 saturated heterocycles. The molecule has 1 aromatic rings. The van der Waals surface area contributed by atoms with Crippen molar-refractivity contribution in [1.29, 1.82) is 0 Å². The minimum absolute atomic E-state index is 0.0582. The molecule has 1 aliphatic carbocycles. The Balaban J connectivity index is 1.86. The molecule has 0 bridgehead atoms. The molecule has 0 aliphatic heterocycles. The average molecular weight is 324 g/mol. The summed E-state index contributed by atoms with van der Waals surface area (Å²) in [5.41, 5.74) is 2.04. The molecule has 1 aliphatic rings. The second-order valence-corrected chi connectivity index (χ2v) is 6.01. The van der Waals surface area contributed by atoms with E-state index in [9.17, 15) is 4.79 Å². The van der Waals surface area contributed by atoms with Gasteiger partial charge in [0.15, 0.2) is 0 Å². The van der Waals surface area contributed by atoms with E-state index in [2.05, 4.69) is 28.2 Å². The summed E-state index contributed by atoms with van der Waals surface area (Å²) in [7, 11) is 0. The zero-order valence-electron chi connectivity index (χ0n) is 11.5. The van der Waals surface area contributed by atoms with E-state index in [0.717, 1.165) is 29.8 Å². The van der Waals surface area contributed by atoms with Crippen LogP contribution in [-0.4, -0.2) is 17.8 Å². The number of alkyl halides is 1. The number of aryl methyl sites for hydroxylation is 1. The minimum Gasteiger partial charge on any atom is -0.352 e. The first-order valence-electron chi connectivity index (χ1n) is 7.17. The van der Waals surface area contributed by atoms with Gasteiger partial charge in [-0.2, -0.15) is 0 Å². The Labute approximate surface area is 124 Å². The molecule has 19 heavy (non-hydrogen) atoms. The van der Waals surface area contributed by atoms with Gasteiger partial charge in [-0.25, -0.2) is 0 Å². The lowest BCUT2D eigenvalue weighted by Crippen LogP contribution is -2.31. The van der Waals surface area contributed by atoms with Gasteiger partial charge in [0.05, 0.1) is 0 Å². The fourth-order valence-corrected chi connectivity index (χ4v) is 3.66. The Kier molecular flexibility index (Phi) is 5.44. The topological polar surface area (TPSA) is 29.1 Å². The summed E-state index contributed by atoms with van der Waals surface area (Å²) < 4.78 is 0. The third-order valence-electron chi connectivity index (χ3n) is 4.16. The van der Waals surface area contributed by atoms with Crippen LogP contribution in [0.25, 0.3) is 0 Å². The van der Waals surface area contributed by atoms with E-state index in [1.807, 2.05) is 24.3 Å². The predicted octanol–water partition coefficient (Wildman–Crippen LogP) is 3.79. The summed E-state index contributed by atoms with van der Waals surface area (Å²) in [6.45, 7) is 2.93. The second kappa shape index (κ2) is 7.09. The van der Waals surface area contributed by atoms with Crippen molar-refractivity contribution in [2.75, 3.05) is 11.9 Å². The predicted molar refractivity (Wildman–Crippen MR) is 82.8 cm³/mol. The number of halogens is 1. The summed E-state index contributed by atoms with van der Waals surface area (Å²) in [6.07, 6.45) is 4.83. The molecule has 2 unspecified atom stereocenters. The molecule has 1 amide bonds. The van der Waals surface area contributed by atoms with Gasteiger partial charge < -0.3 is 5.32 Å².